The van der Waals surface area contributed by atoms with Gasteiger partial charge in [0.05, 0.1) is 18.7 Å². The van der Waals surface area contributed by atoms with E-state index in [1.807, 2.05) is 18.4 Å². The van der Waals surface area contributed by atoms with Gasteiger partial charge in [-0.25, -0.2) is 9.97 Å². The number of anilines is 1. The van der Waals surface area contributed by atoms with Crippen LogP contribution in [0.5, 0.6) is 0 Å². The number of hydrogen-bond acceptors (Lipinski definition) is 6. The first kappa shape index (κ1) is 13.0. The Kier molecular flexibility index (Phi) is 3.63. The first-order valence-electron chi connectivity index (χ1n) is 6.41. The Morgan fingerprint density at radius 3 is 3.05 bits per heavy atom. The smallest absolute Gasteiger partial charge is 0.128 e. The van der Waals surface area contributed by atoms with Crippen LogP contribution in [-0.2, 0) is 4.74 Å². The second-order valence-corrected chi connectivity index (χ2v) is 5.54. The number of aromatic nitrogens is 2. The molecule has 20 heavy (non-hydrogen) atoms. The summed E-state index contributed by atoms with van der Waals surface area (Å²) >= 11 is 1.63. The zero-order valence-electron chi connectivity index (χ0n) is 11.1. The number of thiazole rings is 1. The van der Waals surface area contributed by atoms with E-state index in [-0.39, 0.29) is 6.10 Å². The van der Waals surface area contributed by atoms with Crippen LogP contribution in [0.1, 0.15) is 22.4 Å². The Bertz CT molecular complexity index is 631. The predicted molar refractivity (Wildman–Crippen MR) is 76.7 cm³/mol. The summed E-state index contributed by atoms with van der Waals surface area (Å²) in [6, 6.07) is 5.76. The summed E-state index contributed by atoms with van der Waals surface area (Å²) in [5.41, 5.74) is 1.61. The summed E-state index contributed by atoms with van der Waals surface area (Å²) in [7, 11) is 0. The van der Waals surface area contributed by atoms with E-state index in [2.05, 4.69) is 20.9 Å². The molecule has 0 saturated carbocycles. The highest BCUT2D eigenvalue weighted by Crippen LogP contribution is 2.27. The molecule has 0 aliphatic carbocycles. The third kappa shape index (κ3) is 2.64. The number of nitriles is 1. The van der Waals surface area contributed by atoms with Crippen LogP contribution in [0.15, 0.2) is 23.7 Å². The van der Waals surface area contributed by atoms with E-state index < -0.39 is 0 Å². The van der Waals surface area contributed by atoms with Crippen LogP contribution >= 0.6 is 11.3 Å². The standard InChI is InChI=1S/C14H14N4OS/c1-10-9-20-14(17-10)12-8-18(4-5-19-12)13-3-2-11(6-15)7-16-13/h2-3,7,9,12H,4-5,8H2,1H3/t12-/m0/s1. The molecule has 0 radical (unpaired) electrons. The van der Waals surface area contributed by atoms with E-state index in [4.69, 9.17) is 10.00 Å². The molecule has 0 unspecified atom stereocenters. The van der Waals surface area contributed by atoms with Crippen molar-refractivity contribution < 1.29 is 4.74 Å². The largest absolute Gasteiger partial charge is 0.367 e. The third-order valence-corrected chi connectivity index (χ3v) is 4.23. The molecular formula is C14H14N4OS. The van der Waals surface area contributed by atoms with Crippen molar-refractivity contribution >= 4 is 17.2 Å². The highest BCUT2D eigenvalue weighted by Gasteiger charge is 2.25. The number of aryl methyl sites for hydroxylation is 1. The minimum atomic E-state index is -0.0000988. The molecule has 1 aliphatic heterocycles. The normalized spacial score (nSPS) is 18.8. The summed E-state index contributed by atoms with van der Waals surface area (Å²) in [6.07, 6.45) is 1.60. The van der Waals surface area contributed by atoms with Crippen molar-refractivity contribution in [2.45, 2.75) is 13.0 Å². The fourth-order valence-corrected chi connectivity index (χ4v) is 3.00. The van der Waals surface area contributed by atoms with Gasteiger partial charge in [-0.2, -0.15) is 5.26 Å². The van der Waals surface area contributed by atoms with Crippen LogP contribution in [0, 0.1) is 18.3 Å². The second-order valence-electron chi connectivity index (χ2n) is 4.65. The van der Waals surface area contributed by atoms with Gasteiger partial charge in [-0.15, -0.1) is 11.3 Å². The Balaban J connectivity index is 1.76. The van der Waals surface area contributed by atoms with Crippen molar-refractivity contribution in [3.8, 4) is 6.07 Å². The molecule has 1 aliphatic rings. The quantitative estimate of drug-likeness (QED) is 0.847. The summed E-state index contributed by atoms with van der Waals surface area (Å²) in [4.78, 5) is 11.0. The minimum absolute atomic E-state index is 0.0000988. The van der Waals surface area contributed by atoms with Gasteiger partial charge in [0, 0.05) is 23.8 Å². The lowest BCUT2D eigenvalue weighted by Gasteiger charge is -2.32. The lowest BCUT2D eigenvalue weighted by Crippen LogP contribution is -2.38. The Morgan fingerprint density at radius 1 is 1.50 bits per heavy atom. The molecule has 0 aromatic carbocycles. The Labute approximate surface area is 121 Å². The number of ether oxygens (including phenoxy) is 1. The van der Waals surface area contributed by atoms with Crippen molar-refractivity contribution in [2.75, 3.05) is 24.6 Å². The van der Waals surface area contributed by atoms with Gasteiger partial charge >= 0.3 is 0 Å². The molecule has 0 amide bonds. The van der Waals surface area contributed by atoms with Crippen LogP contribution in [0.3, 0.4) is 0 Å². The van der Waals surface area contributed by atoms with Gasteiger partial charge in [-0.05, 0) is 19.1 Å². The Hall–Kier alpha value is -1.97. The van der Waals surface area contributed by atoms with Crippen molar-refractivity contribution in [1.29, 1.82) is 5.26 Å². The van der Waals surface area contributed by atoms with Crippen molar-refractivity contribution in [3.05, 3.63) is 40.0 Å². The van der Waals surface area contributed by atoms with Gasteiger partial charge in [-0.1, -0.05) is 0 Å². The first-order chi connectivity index (χ1) is 9.76. The lowest BCUT2D eigenvalue weighted by molar-refractivity contribution is 0.0393. The zero-order chi connectivity index (χ0) is 13.9. The molecule has 0 bridgehead atoms. The predicted octanol–water partition coefficient (Wildman–Crippen LogP) is 2.30. The van der Waals surface area contributed by atoms with Crippen LogP contribution in [0.2, 0.25) is 0 Å². The number of rotatable bonds is 2. The summed E-state index contributed by atoms with van der Waals surface area (Å²) < 4.78 is 5.80. The van der Waals surface area contributed by atoms with Gasteiger partial charge in [0.2, 0.25) is 0 Å². The molecule has 3 rings (SSSR count). The second kappa shape index (κ2) is 5.57. The average Bonchev–Trinajstić information content (AvgIpc) is 2.94. The highest BCUT2D eigenvalue weighted by atomic mass is 32.1. The molecule has 0 N–H and O–H groups in total. The molecular weight excluding hydrogens is 272 g/mol. The average molecular weight is 286 g/mol. The topological polar surface area (TPSA) is 62.0 Å². The van der Waals surface area contributed by atoms with Crippen LogP contribution in [0.4, 0.5) is 5.82 Å². The number of morpholine rings is 1. The van der Waals surface area contributed by atoms with Crippen LogP contribution in [-0.4, -0.2) is 29.7 Å². The maximum absolute atomic E-state index is 8.80. The lowest BCUT2D eigenvalue weighted by atomic mass is 10.2. The van der Waals surface area contributed by atoms with E-state index in [1.54, 1.807) is 23.6 Å². The molecule has 1 atom stereocenters. The SMILES string of the molecule is Cc1csc([C@@H]2CN(c3ccc(C#N)cn3)CCO2)n1. The third-order valence-electron chi connectivity index (χ3n) is 3.18. The van der Waals surface area contributed by atoms with Crippen molar-refractivity contribution in [1.82, 2.24) is 9.97 Å². The van der Waals surface area contributed by atoms with E-state index >= 15 is 0 Å². The van der Waals surface area contributed by atoms with Gasteiger partial charge in [0.25, 0.3) is 0 Å². The summed E-state index contributed by atoms with van der Waals surface area (Å²) in [6.45, 7) is 4.19. The van der Waals surface area contributed by atoms with Crippen molar-refractivity contribution in [3.63, 3.8) is 0 Å². The summed E-state index contributed by atoms with van der Waals surface area (Å²) in [5.74, 6) is 0.880. The van der Waals surface area contributed by atoms with Crippen LogP contribution in [0.25, 0.3) is 0 Å². The van der Waals surface area contributed by atoms with E-state index in [1.165, 1.54) is 0 Å². The number of hydrogen-bond donors (Lipinski definition) is 0. The fourth-order valence-electron chi connectivity index (χ4n) is 2.17. The minimum Gasteiger partial charge on any atom is -0.367 e. The Morgan fingerprint density at radius 2 is 2.40 bits per heavy atom. The summed E-state index contributed by atoms with van der Waals surface area (Å²) in [5, 5.41) is 11.9. The molecule has 1 saturated heterocycles. The van der Waals surface area contributed by atoms with Gasteiger partial charge in [-0.3, -0.25) is 0 Å². The molecule has 2 aromatic heterocycles. The van der Waals surface area contributed by atoms with Crippen LogP contribution < -0.4 is 4.90 Å². The van der Waals surface area contributed by atoms with Gasteiger partial charge in [0.15, 0.2) is 0 Å². The zero-order valence-corrected chi connectivity index (χ0v) is 11.9. The fraction of sp³-hybridized carbons (Fsp3) is 0.357. The maximum atomic E-state index is 8.80. The molecule has 3 heterocycles. The molecule has 2 aromatic rings. The molecule has 102 valence electrons. The molecule has 1 fully saturated rings. The number of nitrogens with zero attached hydrogens (tertiary/aromatic N) is 4. The maximum Gasteiger partial charge on any atom is 0.128 e. The first-order valence-corrected chi connectivity index (χ1v) is 7.29. The monoisotopic (exact) mass is 286 g/mol. The molecule has 5 nitrogen and oxygen atoms in total. The van der Waals surface area contributed by atoms with Crippen molar-refractivity contribution in [2.24, 2.45) is 0 Å². The van der Waals surface area contributed by atoms with Gasteiger partial charge in [0.1, 0.15) is 23.0 Å². The highest BCUT2D eigenvalue weighted by molar-refractivity contribution is 7.09. The van der Waals surface area contributed by atoms with E-state index in [0.717, 1.165) is 29.6 Å². The molecule has 0 spiro atoms. The van der Waals surface area contributed by atoms with E-state index in [9.17, 15) is 0 Å². The number of pyridine rings is 1. The molecule has 6 heteroatoms. The van der Waals surface area contributed by atoms with E-state index in [0.29, 0.717) is 12.2 Å². The van der Waals surface area contributed by atoms with Gasteiger partial charge < -0.3 is 9.64 Å².